The zero-order valence-corrected chi connectivity index (χ0v) is 21.7. The van der Waals surface area contributed by atoms with Crippen LogP contribution in [0, 0.1) is 6.92 Å². The SMILES string of the molecule is COc1ccc(CCN(Cc2cc3ccc(C)cc3[nH]c2=O)Cc2nnnn2Cc2ccco2)cc1OC. The van der Waals surface area contributed by atoms with Crippen LogP contribution in [-0.2, 0) is 26.1 Å². The molecule has 196 valence electrons. The Morgan fingerprint density at radius 3 is 2.68 bits per heavy atom. The summed E-state index contributed by atoms with van der Waals surface area (Å²) < 4.78 is 18.0. The Kier molecular flexibility index (Phi) is 7.50. The summed E-state index contributed by atoms with van der Waals surface area (Å²) in [5.74, 6) is 2.81. The van der Waals surface area contributed by atoms with Gasteiger partial charge < -0.3 is 18.9 Å². The third-order valence-corrected chi connectivity index (χ3v) is 6.49. The number of pyridine rings is 1. The molecule has 3 heterocycles. The van der Waals surface area contributed by atoms with Crippen molar-refractivity contribution in [3.8, 4) is 11.5 Å². The van der Waals surface area contributed by atoms with Crippen LogP contribution >= 0.6 is 0 Å². The molecule has 5 aromatic rings. The van der Waals surface area contributed by atoms with E-state index in [-0.39, 0.29) is 5.56 Å². The van der Waals surface area contributed by atoms with Gasteiger partial charge in [0.05, 0.1) is 27.0 Å². The predicted octanol–water partition coefficient (Wildman–Crippen LogP) is 3.73. The first-order valence-corrected chi connectivity index (χ1v) is 12.4. The average Bonchev–Trinajstić information content (AvgIpc) is 3.60. The zero-order valence-electron chi connectivity index (χ0n) is 21.7. The smallest absolute Gasteiger partial charge is 0.252 e. The van der Waals surface area contributed by atoms with Crippen molar-refractivity contribution < 1.29 is 13.9 Å². The van der Waals surface area contributed by atoms with E-state index < -0.39 is 0 Å². The molecule has 2 aromatic carbocycles. The minimum absolute atomic E-state index is 0.102. The van der Waals surface area contributed by atoms with Crippen molar-refractivity contribution in [3.63, 3.8) is 0 Å². The van der Waals surface area contributed by atoms with Gasteiger partial charge in [0, 0.05) is 24.2 Å². The molecule has 10 heteroatoms. The number of aromatic nitrogens is 5. The van der Waals surface area contributed by atoms with Crippen molar-refractivity contribution in [2.75, 3.05) is 20.8 Å². The number of aryl methyl sites for hydroxylation is 1. The summed E-state index contributed by atoms with van der Waals surface area (Å²) in [5.41, 5.74) is 3.60. The molecule has 10 nitrogen and oxygen atoms in total. The highest BCUT2D eigenvalue weighted by molar-refractivity contribution is 5.79. The number of ether oxygens (including phenoxy) is 2. The van der Waals surface area contributed by atoms with Crippen molar-refractivity contribution in [2.24, 2.45) is 0 Å². The first-order valence-electron chi connectivity index (χ1n) is 12.4. The minimum atomic E-state index is -0.102. The van der Waals surface area contributed by atoms with E-state index in [9.17, 15) is 4.79 Å². The molecule has 0 saturated heterocycles. The molecule has 1 N–H and O–H groups in total. The predicted molar refractivity (Wildman–Crippen MR) is 142 cm³/mol. The molecule has 0 saturated carbocycles. The number of hydrogen-bond donors (Lipinski definition) is 1. The lowest BCUT2D eigenvalue weighted by Gasteiger charge is -2.22. The Morgan fingerprint density at radius 1 is 1.03 bits per heavy atom. The highest BCUT2D eigenvalue weighted by Gasteiger charge is 2.17. The van der Waals surface area contributed by atoms with Gasteiger partial charge in [-0.2, -0.15) is 0 Å². The molecule has 3 aromatic heterocycles. The van der Waals surface area contributed by atoms with Crippen LogP contribution in [0.15, 0.2) is 70.1 Å². The lowest BCUT2D eigenvalue weighted by atomic mass is 10.1. The Bertz CT molecular complexity index is 1570. The van der Waals surface area contributed by atoms with E-state index in [0.29, 0.717) is 49.1 Å². The fraction of sp³-hybridized carbons (Fsp3) is 0.286. The van der Waals surface area contributed by atoms with Crippen LogP contribution < -0.4 is 15.0 Å². The first kappa shape index (κ1) is 25.2. The maximum absolute atomic E-state index is 13.0. The number of hydrogen-bond acceptors (Lipinski definition) is 8. The van der Waals surface area contributed by atoms with Crippen LogP contribution in [0.2, 0.25) is 0 Å². The summed E-state index contributed by atoms with van der Waals surface area (Å²) in [6.07, 6.45) is 2.35. The van der Waals surface area contributed by atoms with E-state index in [1.807, 2.05) is 61.5 Å². The largest absolute Gasteiger partial charge is 0.493 e. The maximum atomic E-state index is 13.0. The van der Waals surface area contributed by atoms with Crippen LogP contribution in [-0.4, -0.2) is 50.9 Å². The molecule has 0 aliphatic rings. The molecular weight excluding hydrogens is 484 g/mol. The molecule has 0 aliphatic carbocycles. The van der Waals surface area contributed by atoms with Gasteiger partial charge in [-0.25, -0.2) is 4.68 Å². The number of methoxy groups -OCH3 is 2. The van der Waals surface area contributed by atoms with E-state index in [2.05, 4.69) is 25.4 Å². The molecule has 0 spiro atoms. The second kappa shape index (κ2) is 11.3. The van der Waals surface area contributed by atoms with Gasteiger partial charge in [-0.1, -0.05) is 18.2 Å². The first-order chi connectivity index (χ1) is 18.5. The van der Waals surface area contributed by atoms with Crippen LogP contribution in [0.5, 0.6) is 11.5 Å². The van der Waals surface area contributed by atoms with E-state index in [1.165, 1.54) is 0 Å². The second-order valence-electron chi connectivity index (χ2n) is 9.20. The van der Waals surface area contributed by atoms with Gasteiger partial charge in [0.1, 0.15) is 12.3 Å². The molecule has 0 atom stereocenters. The van der Waals surface area contributed by atoms with Crippen LogP contribution in [0.3, 0.4) is 0 Å². The van der Waals surface area contributed by atoms with Gasteiger partial charge in [0.2, 0.25) is 0 Å². The van der Waals surface area contributed by atoms with Gasteiger partial charge in [0.15, 0.2) is 17.3 Å². The lowest BCUT2D eigenvalue weighted by molar-refractivity contribution is 0.247. The molecule has 5 rings (SSSR count). The van der Waals surface area contributed by atoms with Gasteiger partial charge in [-0.05, 0) is 76.7 Å². The number of nitrogens with one attached hydrogen (secondary N) is 1. The van der Waals surface area contributed by atoms with E-state index >= 15 is 0 Å². The van der Waals surface area contributed by atoms with Crippen molar-refractivity contribution in [2.45, 2.75) is 33.0 Å². The maximum Gasteiger partial charge on any atom is 0.252 e. The molecule has 0 amide bonds. The number of fused-ring (bicyclic) bond motifs is 1. The number of tetrazole rings is 1. The van der Waals surface area contributed by atoms with Crippen molar-refractivity contribution in [3.05, 3.63) is 99.5 Å². The Balaban J connectivity index is 1.41. The van der Waals surface area contributed by atoms with Crippen LogP contribution in [0.4, 0.5) is 0 Å². The molecule has 0 aliphatic heterocycles. The molecule has 0 unspecified atom stereocenters. The summed E-state index contributed by atoms with van der Waals surface area (Å²) in [4.78, 5) is 18.2. The minimum Gasteiger partial charge on any atom is -0.493 e. The molecule has 0 bridgehead atoms. The van der Waals surface area contributed by atoms with Crippen molar-refractivity contribution in [1.29, 1.82) is 0 Å². The number of H-pyrrole nitrogens is 1. The Hall–Kier alpha value is -4.44. The number of aromatic amines is 1. The summed E-state index contributed by atoms with van der Waals surface area (Å²) in [5, 5.41) is 13.3. The van der Waals surface area contributed by atoms with Crippen LogP contribution in [0.1, 0.15) is 28.3 Å². The average molecular weight is 515 g/mol. The van der Waals surface area contributed by atoms with Crippen molar-refractivity contribution >= 4 is 10.9 Å². The van der Waals surface area contributed by atoms with Crippen molar-refractivity contribution in [1.82, 2.24) is 30.1 Å². The standard InChI is InChI=1S/C28H30N6O4/c1-19-6-8-21-15-22(28(35)29-24(21)13-19)16-33(11-10-20-7-9-25(36-2)26(14-20)37-3)18-27-30-31-32-34(27)17-23-5-4-12-38-23/h4-9,12-15H,10-11,16-18H2,1-3H3,(H,29,35). The molecule has 0 radical (unpaired) electrons. The quantitative estimate of drug-likeness (QED) is 0.284. The van der Waals surface area contributed by atoms with Gasteiger partial charge in [-0.15, -0.1) is 5.10 Å². The van der Waals surface area contributed by atoms with Gasteiger partial charge in [-0.3, -0.25) is 9.69 Å². The number of benzene rings is 2. The van der Waals surface area contributed by atoms with E-state index in [1.54, 1.807) is 25.2 Å². The fourth-order valence-electron chi connectivity index (χ4n) is 4.47. The third-order valence-electron chi connectivity index (χ3n) is 6.49. The normalized spacial score (nSPS) is 11.4. The highest BCUT2D eigenvalue weighted by Crippen LogP contribution is 2.28. The summed E-state index contributed by atoms with van der Waals surface area (Å²) >= 11 is 0. The summed E-state index contributed by atoms with van der Waals surface area (Å²) in [6.45, 7) is 3.98. The Morgan fingerprint density at radius 2 is 1.89 bits per heavy atom. The second-order valence-corrected chi connectivity index (χ2v) is 9.20. The summed E-state index contributed by atoms with van der Waals surface area (Å²) in [6, 6.07) is 17.6. The van der Waals surface area contributed by atoms with E-state index in [0.717, 1.165) is 34.2 Å². The number of rotatable bonds is 11. The third kappa shape index (κ3) is 5.76. The zero-order chi connectivity index (χ0) is 26.5. The topological polar surface area (TPSA) is 111 Å². The van der Waals surface area contributed by atoms with Gasteiger partial charge in [0.25, 0.3) is 5.56 Å². The number of furan rings is 1. The molecule has 0 fully saturated rings. The molecular formula is C28H30N6O4. The molecule has 38 heavy (non-hydrogen) atoms. The number of nitrogens with zero attached hydrogens (tertiary/aromatic N) is 5. The Labute approximate surface area is 219 Å². The lowest BCUT2D eigenvalue weighted by Crippen LogP contribution is -2.30. The highest BCUT2D eigenvalue weighted by atomic mass is 16.5. The van der Waals surface area contributed by atoms with E-state index in [4.69, 9.17) is 13.9 Å². The fourth-order valence-corrected chi connectivity index (χ4v) is 4.47. The monoisotopic (exact) mass is 514 g/mol. The van der Waals surface area contributed by atoms with Crippen LogP contribution in [0.25, 0.3) is 10.9 Å². The summed E-state index contributed by atoms with van der Waals surface area (Å²) in [7, 11) is 3.24. The van der Waals surface area contributed by atoms with Gasteiger partial charge >= 0.3 is 0 Å².